The lowest BCUT2D eigenvalue weighted by Gasteiger charge is -2.28. The zero-order valence-corrected chi connectivity index (χ0v) is 20.9. The van der Waals surface area contributed by atoms with Gasteiger partial charge >= 0.3 is 5.97 Å². The molecule has 5 rings (SSSR count). The molecule has 0 N–H and O–H groups in total. The summed E-state index contributed by atoms with van der Waals surface area (Å²) in [6.45, 7) is 1.49. The standard InChI is InChI=1S/C25H21Br2NO5/c1-12-6-8-13(9-7-12)18(29)11-33-25(32)14-4-2-3-5-17(14)28-23(30)19-15-10-16(20(19)24(28)31)22(27)21(15)26/h2-9,15-16,19-22H,10-11H2,1H3/t15-,16+,19-,20-,21-,22+/m0/s1. The fraction of sp³-hybridized carbons (Fsp3) is 0.360. The third kappa shape index (κ3) is 3.58. The molecule has 33 heavy (non-hydrogen) atoms. The number of carbonyl (C=O) groups is 4. The molecular formula is C25H21Br2NO5. The number of carbonyl (C=O) groups excluding carboxylic acids is 4. The van der Waals surface area contributed by atoms with Crippen LogP contribution in [0.2, 0.25) is 0 Å². The zero-order valence-electron chi connectivity index (χ0n) is 17.7. The van der Waals surface area contributed by atoms with E-state index in [1.807, 2.05) is 19.1 Å². The molecule has 1 heterocycles. The molecule has 2 amide bonds. The van der Waals surface area contributed by atoms with Gasteiger partial charge in [0.15, 0.2) is 12.4 Å². The number of imide groups is 1. The van der Waals surface area contributed by atoms with Crippen LogP contribution < -0.4 is 4.90 Å². The van der Waals surface area contributed by atoms with Crippen LogP contribution in [-0.4, -0.2) is 39.8 Å². The summed E-state index contributed by atoms with van der Waals surface area (Å²) < 4.78 is 5.28. The number of benzene rings is 2. The second-order valence-corrected chi connectivity index (χ2v) is 11.0. The number of para-hydroxylation sites is 1. The Morgan fingerprint density at radius 3 is 2.12 bits per heavy atom. The van der Waals surface area contributed by atoms with Gasteiger partial charge in [0.05, 0.1) is 23.1 Å². The number of amides is 2. The maximum absolute atomic E-state index is 13.4. The van der Waals surface area contributed by atoms with Gasteiger partial charge in [0.2, 0.25) is 11.8 Å². The van der Waals surface area contributed by atoms with Crippen LogP contribution in [-0.2, 0) is 14.3 Å². The van der Waals surface area contributed by atoms with Gasteiger partial charge in [0.25, 0.3) is 0 Å². The molecule has 0 radical (unpaired) electrons. The molecule has 0 spiro atoms. The number of rotatable bonds is 5. The molecule has 170 valence electrons. The van der Waals surface area contributed by atoms with E-state index in [0.29, 0.717) is 5.56 Å². The molecule has 8 heteroatoms. The summed E-state index contributed by atoms with van der Waals surface area (Å²) in [6, 6.07) is 13.4. The van der Waals surface area contributed by atoms with Crippen molar-refractivity contribution in [3.05, 3.63) is 65.2 Å². The van der Waals surface area contributed by atoms with Gasteiger partial charge < -0.3 is 4.74 Å². The van der Waals surface area contributed by atoms with Crippen LogP contribution in [0.1, 0.15) is 32.7 Å². The largest absolute Gasteiger partial charge is 0.454 e. The molecule has 2 aliphatic carbocycles. The predicted molar refractivity (Wildman–Crippen MR) is 129 cm³/mol. The van der Waals surface area contributed by atoms with Crippen LogP contribution in [0.25, 0.3) is 0 Å². The van der Waals surface area contributed by atoms with Crippen molar-refractivity contribution >= 4 is 61.1 Å². The zero-order chi connectivity index (χ0) is 23.4. The van der Waals surface area contributed by atoms with E-state index < -0.39 is 12.6 Å². The third-order valence-corrected chi connectivity index (χ3v) is 10.3. The van der Waals surface area contributed by atoms with Crippen molar-refractivity contribution in [1.82, 2.24) is 0 Å². The van der Waals surface area contributed by atoms with Crippen molar-refractivity contribution in [2.45, 2.75) is 23.0 Å². The summed E-state index contributed by atoms with van der Waals surface area (Å²) >= 11 is 7.36. The molecule has 2 aromatic carbocycles. The molecule has 2 saturated carbocycles. The molecular weight excluding hydrogens is 554 g/mol. The topological polar surface area (TPSA) is 80.8 Å². The Balaban J connectivity index is 1.37. The molecule has 2 aromatic rings. The lowest BCUT2D eigenvalue weighted by molar-refractivity contribution is -0.123. The van der Waals surface area contributed by atoms with E-state index in [1.54, 1.807) is 30.3 Å². The van der Waals surface area contributed by atoms with Crippen molar-refractivity contribution in [2.24, 2.45) is 23.7 Å². The van der Waals surface area contributed by atoms with Crippen molar-refractivity contribution < 1.29 is 23.9 Å². The highest BCUT2D eigenvalue weighted by atomic mass is 79.9. The Morgan fingerprint density at radius 1 is 0.939 bits per heavy atom. The Bertz CT molecular complexity index is 1130. The van der Waals surface area contributed by atoms with Crippen LogP contribution >= 0.6 is 31.9 Å². The summed E-state index contributed by atoms with van der Waals surface area (Å²) in [5.74, 6) is -2.21. The van der Waals surface area contributed by atoms with Crippen molar-refractivity contribution in [2.75, 3.05) is 11.5 Å². The van der Waals surface area contributed by atoms with Gasteiger partial charge in [-0.15, -0.1) is 0 Å². The van der Waals surface area contributed by atoms with E-state index in [9.17, 15) is 19.2 Å². The van der Waals surface area contributed by atoms with E-state index in [1.165, 1.54) is 6.07 Å². The number of ether oxygens (including phenoxy) is 1. The number of Topliss-reactive ketones (excluding diaryl/α,β-unsaturated/α-hetero) is 1. The number of hydrogen-bond acceptors (Lipinski definition) is 5. The maximum atomic E-state index is 13.4. The summed E-state index contributed by atoms with van der Waals surface area (Å²) in [5.41, 5.74) is 1.77. The minimum Gasteiger partial charge on any atom is -0.454 e. The summed E-state index contributed by atoms with van der Waals surface area (Å²) in [5, 5.41) is 0. The first-order chi connectivity index (χ1) is 15.8. The van der Waals surface area contributed by atoms with E-state index in [-0.39, 0.29) is 62.2 Å². The SMILES string of the molecule is Cc1ccc(C(=O)COC(=O)c2ccccc2N2C(=O)[C@H]3[C@@H]4C[C@@H]([C@@H](Br)[C@H]4Br)[C@@H]3C2=O)cc1. The van der Waals surface area contributed by atoms with E-state index >= 15 is 0 Å². The highest BCUT2D eigenvalue weighted by Gasteiger charge is 2.66. The summed E-state index contributed by atoms with van der Waals surface area (Å²) in [4.78, 5) is 53.4. The second-order valence-electron chi connectivity index (χ2n) is 8.90. The molecule has 0 aromatic heterocycles. The number of alkyl halides is 2. The van der Waals surface area contributed by atoms with Gasteiger partial charge in [0.1, 0.15) is 0 Å². The minimum absolute atomic E-state index is 0.0806. The van der Waals surface area contributed by atoms with Crippen LogP contribution in [0.4, 0.5) is 5.69 Å². The Kier molecular flexibility index (Phi) is 5.77. The lowest BCUT2D eigenvalue weighted by atomic mass is 9.81. The molecule has 1 saturated heterocycles. The Hall–Kier alpha value is -2.32. The minimum atomic E-state index is -0.747. The normalized spacial score (nSPS) is 30.0. The highest BCUT2D eigenvalue weighted by molar-refractivity contribution is 9.12. The van der Waals surface area contributed by atoms with E-state index in [2.05, 4.69) is 31.9 Å². The van der Waals surface area contributed by atoms with Crippen molar-refractivity contribution in [3.63, 3.8) is 0 Å². The van der Waals surface area contributed by atoms with Gasteiger partial charge in [-0.2, -0.15) is 0 Å². The maximum Gasteiger partial charge on any atom is 0.340 e. The van der Waals surface area contributed by atoms with E-state index in [4.69, 9.17) is 4.74 Å². The quantitative estimate of drug-likeness (QED) is 0.230. The predicted octanol–water partition coefficient (Wildman–Crippen LogP) is 4.32. The average molecular weight is 575 g/mol. The number of nitrogens with zero attached hydrogens (tertiary/aromatic N) is 1. The molecule has 0 unspecified atom stereocenters. The number of aryl methyl sites for hydroxylation is 1. The lowest BCUT2D eigenvalue weighted by Crippen LogP contribution is -2.37. The Morgan fingerprint density at radius 2 is 1.52 bits per heavy atom. The van der Waals surface area contributed by atoms with Gasteiger partial charge in [0, 0.05) is 15.2 Å². The van der Waals surface area contributed by atoms with Gasteiger partial charge in [-0.25, -0.2) is 9.69 Å². The van der Waals surface area contributed by atoms with Gasteiger partial charge in [-0.1, -0.05) is 73.8 Å². The molecule has 6 atom stereocenters. The smallest absolute Gasteiger partial charge is 0.340 e. The second kappa shape index (κ2) is 8.47. The molecule has 1 aliphatic heterocycles. The number of esters is 1. The monoisotopic (exact) mass is 573 g/mol. The van der Waals surface area contributed by atoms with Crippen LogP contribution in [0.15, 0.2) is 48.5 Å². The number of anilines is 1. The number of ketones is 1. The number of fused-ring (bicyclic) bond motifs is 5. The molecule has 6 nitrogen and oxygen atoms in total. The summed E-state index contributed by atoms with van der Waals surface area (Å²) in [6.07, 6.45) is 0.831. The third-order valence-electron chi connectivity index (χ3n) is 7.06. The average Bonchev–Trinajstić information content (AvgIpc) is 3.42. The highest BCUT2D eigenvalue weighted by Crippen LogP contribution is 2.60. The van der Waals surface area contributed by atoms with Crippen LogP contribution in [0, 0.1) is 30.6 Å². The van der Waals surface area contributed by atoms with Crippen molar-refractivity contribution in [1.29, 1.82) is 0 Å². The van der Waals surface area contributed by atoms with Crippen molar-refractivity contribution in [3.8, 4) is 0 Å². The number of halogens is 2. The van der Waals surface area contributed by atoms with Gasteiger partial charge in [-0.05, 0) is 37.3 Å². The first-order valence-electron chi connectivity index (χ1n) is 10.8. The molecule has 2 bridgehead atoms. The van der Waals surface area contributed by atoms with Crippen LogP contribution in [0.3, 0.4) is 0 Å². The summed E-state index contributed by atoms with van der Waals surface area (Å²) in [7, 11) is 0. The molecule has 3 aliphatic rings. The van der Waals surface area contributed by atoms with Gasteiger partial charge in [-0.3, -0.25) is 14.4 Å². The fourth-order valence-corrected chi connectivity index (χ4v) is 7.33. The first-order valence-corrected chi connectivity index (χ1v) is 12.6. The van der Waals surface area contributed by atoms with E-state index in [0.717, 1.165) is 16.9 Å². The van der Waals surface area contributed by atoms with Crippen LogP contribution in [0.5, 0.6) is 0 Å². The molecule has 3 fully saturated rings. The first kappa shape index (κ1) is 22.5. The Labute approximate surface area is 207 Å². The number of hydrogen-bond donors (Lipinski definition) is 0. The fourth-order valence-electron chi connectivity index (χ4n) is 5.46.